The molecule has 0 atom stereocenters. The third kappa shape index (κ3) is 4.23. The molecule has 1 aromatic carbocycles. The van der Waals surface area contributed by atoms with Gasteiger partial charge in [-0.2, -0.15) is 0 Å². The fraction of sp³-hybridized carbons (Fsp3) is 0.571. The molecule has 0 fully saturated rings. The Morgan fingerprint density at radius 1 is 1.19 bits per heavy atom. The number of likely N-dealkylation sites (N-methyl/N-ethyl adjacent to an activating group) is 1. The van der Waals surface area contributed by atoms with E-state index in [4.69, 9.17) is 4.74 Å². The lowest BCUT2D eigenvalue weighted by Gasteiger charge is -2.24. The van der Waals surface area contributed by atoms with Gasteiger partial charge in [0.1, 0.15) is 5.75 Å². The second-order valence-electron chi connectivity index (χ2n) is 4.80. The summed E-state index contributed by atoms with van der Waals surface area (Å²) in [6.07, 6.45) is 2.08. The smallest absolute Gasteiger partial charge is 0.119 e. The van der Waals surface area contributed by atoms with E-state index >= 15 is 0 Å². The van der Waals surface area contributed by atoms with Gasteiger partial charge in [-0.05, 0) is 51.4 Å². The lowest BCUT2D eigenvalue weighted by atomic mass is 9.95. The molecule has 0 heterocycles. The predicted octanol–water partition coefficient (Wildman–Crippen LogP) is 3.02. The Balaban J connectivity index is 2.57. The first-order chi connectivity index (χ1) is 7.57. The lowest BCUT2D eigenvalue weighted by Crippen LogP contribution is -2.38. The van der Waals surface area contributed by atoms with E-state index in [2.05, 4.69) is 50.4 Å². The summed E-state index contributed by atoms with van der Waals surface area (Å²) in [5.74, 6) is 0.966. The van der Waals surface area contributed by atoms with Crippen molar-refractivity contribution < 1.29 is 4.74 Å². The summed E-state index contributed by atoms with van der Waals surface area (Å²) in [6.45, 7) is 7.31. The first-order valence-electron chi connectivity index (χ1n) is 5.98. The molecule has 16 heavy (non-hydrogen) atoms. The molecule has 0 spiro atoms. The van der Waals surface area contributed by atoms with Crippen molar-refractivity contribution in [2.24, 2.45) is 0 Å². The van der Waals surface area contributed by atoms with Crippen LogP contribution < -0.4 is 10.1 Å². The molecule has 1 rings (SSSR count). The maximum absolute atomic E-state index is 5.55. The van der Waals surface area contributed by atoms with Crippen molar-refractivity contribution in [2.45, 2.75) is 39.2 Å². The molecule has 90 valence electrons. The fourth-order valence-electron chi connectivity index (χ4n) is 1.52. The number of nitrogens with one attached hydrogen (secondary N) is 1. The van der Waals surface area contributed by atoms with Gasteiger partial charge in [-0.15, -0.1) is 0 Å². The van der Waals surface area contributed by atoms with Gasteiger partial charge in [-0.3, -0.25) is 0 Å². The Kier molecular flexibility index (Phi) is 4.81. The van der Waals surface area contributed by atoms with Crippen molar-refractivity contribution in [1.82, 2.24) is 5.32 Å². The minimum Gasteiger partial charge on any atom is -0.494 e. The van der Waals surface area contributed by atoms with E-state index in [0.717, 1.165) is 25.2 Å². The van der Waals surface area contributed by atoms with Gasteiger partial charge in [0, 0.05) is 5.54 Å². The van der Waals surface area contributed by atoms with Crippen molar-refractivity contribution >= 4 is 0 Å². The van der Waals surface area contributed by atoms with Gasteiger partial charge in [0.05, 0.1) is 6.61 Å². The van der Waals surface area contributed by atoms with Gasteiger partial charge in [0.2, 0.25) is 0 Å². The number of rotatable bonds is 6. The molecule has 1 N–H and O–H groups in total. The average Bonchev–Trinajstić information content (AvgIpc) is 2.28. The second kappa shape index (κ2) is 5.90. The highest BCUT2D eigenvalue weighted by molar-refractivity contribution is 5.28. The van der Waals surface area contributed by atoms with E-state index < -0.39 is 0 Å². The standard InChI is InChI=1S/C14H23NO/c1-5-10-16-13-8-6-12(7-9-13)11-14(2,3)15-4/h6-9,15H,5,10-11H2,1-4H3. The van der Waals surface area contributed by atoms with E-state index in [0.29, 0.717) is 0 Å². The zero-order valence-corrected chi connectivity index (χ0v) is 10.8. The molecular weight excluding hydrogens is 198 g/mol. The summed E-state index contributed by atoms with van der Waals surface area (Å²) >= 11 is 0. The van der Waals surface area contributed by atoms with Crippen LogP contribution in [0.1, 0.15) is 32.8 Å². The van der Waals surface area contributed by atoms with Crippen molar-refractivity contribution in [3.8, 4) is 5.75 Å². The normalized spacial score (nSPS) is 11.5. The molecule has 2 heteroatoms. The van der Waals surface area contributed by atoms with Gasteiger partial charge >= 0.3 is 0 Å². The van der Waals surface area contributed by atoms with Gasteiger partial charge in [-0.1, -0.05) is 19.1 Å². The number of benzene rings is 1. The minimum absolute atomic E-state index is 0.145. The first kappa shape index (κ1) is 13.0. The van der Waals surface area contributed by atoms with Crippen LogP contribution in [0.5, 0.6) is 5.75 Å². The minimum atomic E-state index is 0.145. The van der Waals surface area contributed by atoms with E-state index in [1.807, 2.05) is 7.05 Å². The molecule has 0 bridgehead atoms. The highest BCUT2D eigenvalue weighted by Crippen LogP contribution is 2.16. The summed E-state index contributed by atoms with van der Waals surface area (Å²) in [5.41, 5.74) is 1.48. The van der Waals surface area contributed by atoms with E-state index in [1.165, 1.54) is 5.56 Å². The molecule has 0 unspecified atom stereocenters. The number of ether oxygens (including phenoxy) is 1. The monoisotopic (exact) mass is 221 g/mol. The topological polar surface area (TPSA) is 21.3 Å². The SMILES string of the molecule is CCCOc1ccc(CC(C)(C)NC)cc1. The molecule has 0 saturated carbocycles. The lowest BCUT2D eigenvalue weighted by molar-refractivity contribution is 0.317. The molecule has 0 aliphatic rings. The highest BCUT2D eigenvalue weighted by Gasteiger charge is 2.14. The van der Waals surface area contributed by atoms with Gasteiger partial charge in [0.15, 0.2) is 0 Å². The molecule has 0 aliphatic carbocycles. The zero-order valence-electron chi connectivity index (χ0n) is 10.8. The van der Waals surface area contributed by atoms with Gasteiger partial charge in [0.25, 0.3) is 0 Å². The highest BCUT2D eigenvalue weighted by atomic mass is 16.5. The van der Waals surface area contributed by atoms with Crippen LogP contribution in [0.2, 0.25) is 0 Å². The van der Waals surface area contributed by atoms with Crippen molar-refractivity contribution in [3.05, 3.63) is 29.8 Å². The summed E-state index contributed by atoms with van der Waals surface area (Å²) in [5, 5.41) is 3.31. The van der Waals surface area contributed by atoms with Gasteiger partial charge < -0.3 is 10.1 Å². The number of hydrogen-bond acceptors (Lipinski definition) is 2. The Bertz CT molecular complexity index is 303. The molecule has 0 radical (unpaired) electrons. The molecule has 1 aromatic rings. The summed E-state index contributed by atoms with van der Waals surface area (Å²) in [6, 6.07) is 8.39. The average molecular weight is 221 g/mol. The maximum Gasteiger partial charge on any atom is 0.119 e. The van der Waals surface area contributed by atoms with Crippen LogP contribution >= 0.6 is 0 Å². The summed E-state index contributed by atoms with van der Waals surface area (Å²) in [7, 11) is 2.00. The first-order valence-corrected chi connectivity index (χ1v) is 5.98. The number of hydrogen-bond donors (Lipinski definition) is 1. The predicted molar refractivity (Wildman–Crippen MR) is 69.1 cm³/mol. The van der Waals surface area contributed by atoms with Crippen molar-refractivity contribution in [3.63, 3.8) is 0 Å². The third-order valence-electron chi connectivity index (χ3n) is 2.72. The molecule has 0 aromatic heterocycles. The molecule has 0 aliphatic heterocycles. The van der Waals surface area contributed by atoms with E-state index in [9.17, 15) is 0 Å². The molecular formula is C14H23NO. The Labute approximate surface area is 99.0 Å². The van der Waals surface area contributed by atoms with Crippen molar-refractivity contribution in [1.29, 1.82) is 0 Å². The second-order valence-corrected chi connectivity index (χ2v) is 4.80. The fourth-order valence-corrected chi connectivity index (χ4v) is 1.52. The third-order valence-corrected chi connectivity index (χ3v) is 2.72. The van der Waals surface area contributed by atoms with Crippen LogP contribution in [0.15, 0.2) is 24.3 Å². The quantitative estimate of drug-likeness (QED) is 0.797. The molecule has 2 nitrogen and oxygen atoms in total. The van der Waals surface area contributed by atoms with Crippen LogP contribution in [-0.4, -0.2) is 19.2 Å². The Morgan fingerprint density at radius 2 is 1.81 bits per heavy atom. The van der Waals surface area contributed by atoms with Crippen LogP contribution in [-0.2, 0) is 6.42 Å². The summed E-state index contributed by atoms with van der Waals surface area (Å²) in [4.78, 5) is 0. The van der Waals surface area contributed by atoms with Crippen LogP contribution in [0.25, 0.3) is 0 Å². The van der Waals surface area contributed by atoms with E-state index in [1.54, 1.807) is 0 Å². The molecule has 0 amide bonds. The Hall–Kier alpha value is -1.02. The Morgan fingerprint density at radius 3 is 2.31 bits per heavy atom. The largest absolute Gasteiger partial charge is 0.494 e. The van der Waals surface area contributed by atoms with E-state index in [-0.39, 0.29) is 5.54 Å². The van der Waals surface area contributed by atoms with Gasteiger partial charge in [-0.25, -0.2) is 0 Å². The van der Waals surface area contributed by atoms with Crippen LogP contribution in [0.4, 0.5) is 0 Å². The summed E-state index contributed by atoms with van der Waals surface area (Å²) < 4.78 is 5.55. The maximum atomic E-state index is 5.55. The van der Waals surface area contributed by atoms with Crippen LogP contribution in [0, 0.1) is 0 Å². The van der Waals surface area contributed by atoms with Crippen LogP contribution in [0.3, 0.4) is 0 Å². The zero-order chi connectivity index (χ0) is 12.0. The van der Waals surface area contributed by atoms with Crippen molar-refractivity contribution in [2.75, 3.05) is 13.7 Å². The molecule has 0 saturated heterocycles.